The molecule has 0 radical (unpaired) electrons. The van der Waals surface area contributed by atoms with Gasteiger partial charge in [-0.05, 0) is 58.8 Å². The second kappa shape index (κ2) is 16.0. The van der Waals surface area contributed by atoms with Crippen LogP contribution < -0.4 is 16.0 Å². The van der Waals surface area contributed by atoms with Crippen molar-refractivity contribution in [1.29, 1.82) is 0 Å². The average Bonchev–Trinajstić information content (AvgIpc) is 2.78. The van der Waals surface area contributed by atoms with Crippen LogP contribution in [0.5, 0.6) is 0 Å². The molecule has 0 aromatic carbocycles. The molecule has 1 saturated carbocycles. The van der Waals surface area contributed by atoms with Gasteiger partial charge in [-0.3, -0.25) is 9.59 Å². The van der Waals surface area contributed by atoms with Crippen molar-refractivity contribution in [3.63, 3.8) is 0 Å². The number of ether oxygens (including phenoxy) is 1. The number of aliphatic carboxylic acids is 2. The minimum absolute atomic E-state index is 0.136. The maximum absolute atomic E-state index is 12.3. The lowest BCUT2D eigenvalue weighted by atomic mass is 9.86. The molecule has 1 aliphatic carbocycles. The van der Waals surface area contributed by atoms with E-state index in [2.05, 4.69) is 16.0 Å². The quantitative estimate of drug-likeness (QED) is 0.208. The van der Waals surface area contributed by atoms with E-state index in [-0.39, 0.29) is 31.6 Å². The largest absolute Gasteiger partial charge is 0.480 e. The van der Waals surface area contributed by atoms with Crippen LogP contribution in [-0.4, -0.2) is 64.3 Å². The lowest BCUT2D eigenvalue weighted by Gasteiger charge is -2.21. The summed E-state index contributed by atoms with van der Waals surface area (Å²) in [6, 6.07) is -2.34. The van der Waals surface area contributed by atoms with Crippen LogP contribution in [0.3, 0.4) is 0 Å². The molecule has 0 saturated heterocycles. The highest BCUT2D eigenvalue weighted by Crippen LogP contribution is 2.27. The number of carboxylic acids is 2. The summed E-state index contributed by atoms with van der Waals surface area (Å²) >= 11 is 0. The number of nitrogens with one attached hydrogen (secondary N) is 3. The first-order chi connectivity index (χ1) is 16.9. The van der Waals surface area contributed by atoms with E-state index in [1.165, 1.54) is 19.3 Å². The highest BCUT2D eigenvalue weighted by molar-refractivity contribution is 5.86. The Morgan fingerprint density at radius 1 is 0.833 bits per heavy atom. The van der Waals surface area contributed by atoms with E-state index < -0.39 is 41.6 Å². The Morgan fingerprint density at radius 3 is 1.94 bits per heavy atom. The molecule has 0 aliphatic heterocycles. The molecule has 0 unspecified atom stereocenters. The molecule has 1 rings (SSSR count). The summed E-state index contributed by atoms with van der Waals surface area (Å²) in [7, 11) is 0. The van der Waals surface area contributed by atoms with Gasteiger partial charge in [-0.2, -0.15) is 0 Å². The number of hydrogen-bond acceptors (Lipinski definition) is 6. The fraction of sp³-hybridized carbons (Fsp3) is 0.800. The lowest BCUT2D eigenvalue weighted by Crippen LogP contribution is -2.44. The standard InChI is InChI=1S/C25H43N3O8/c1-25(2,3)36-24(35)26-16-8-7-11-18(22(31)32)27-21(30)15-13-19(23(33)34)28-20(29)14-12-17-9-5-4-6-10-17/h17-19H,4-16H2,1-3H3,(H,26,35)(H,27,30)(H,28,29)(H,31,32)(H,33,34)/t18-,19-/m0/s1. The third kappa shape index (κ3) is 14.5. The molecule has 0 heterocycles. The summed E-state index contributed by atoms with van der Waals surface area (Å²) in [5.74, 6) is -2.89. The third-order valence-electron chi connectivity index (χ3n) is 6.02. The molecule has 11 heteroatoms. The van der Waals surface area contributed by atoms with Crippen molar-refractivity contribution < 1.29 is 38.9 Å². The number of carbonyl (C=O) groups is 5. The minimum atomic E-state index is -1.24. The molecule has 36 heavy (non-hydrogen) atoms. The van der Waals surface area contributed by atoms with Gasteiger partial charge in [-0.1, -0.05) is 32.1 Å². The summed E-state index contributed by atoms with van der Waals surface area (Å²) in [5.41, 5.74) is -0.611. The smallest absolute Gasteiger partial charge is 0.407 e. The molecular formula is C25H43N3O8. The van der Waals surface area contributed by atoms with Crippen molar-refractivity contribution in [3.05, 3.63) is 0 Å². The first-order valence-corrected chi connectivity index (χ1v) is 12.9. The predicted octanol–water partition coefficient (Wildman–Crippen LogP) is 2.96. The topological polar surface area (TPSA) is 171 Å². The van der Waals surface area contributed by atoms with Gasteiger partial charge >= 0.3 is 18.0 Å². The fourth-order valence-electron chi connectivity index (χ4n) is 4.11. The summed E-state index contributed by atoms with van der Waals surface area (Å²) in [6.07, 6.45) is 6.88. The average molecular weight is 514 g/mol. The van der Waals surface area contributed by atoms with Gasteiger partial charge in [0.15, 0.2) is 0 Å². The van der Waals surface area contributed by atoms with E-state index in [0.29, 0.717) is 25.3 Å². The van der Waals surface area contributed by atoms with Gasteiger partial charge in [0, 0.05) is 19.4 Å². The molecule has 5 N–H and O–H groups in total. The van der Waals surface area contributed by atoms with Crippen LogP contribution in [-0.2, 0) is 23.9 Å². The molecule has 11 nitrogen and oxygen atoms in total. The molecule has 0 bridgehead atoms. The maximum Gasteiger partial charge on any atom is 0.407 e. The predicted molar refractivity (Wildman–Crippen MR) is 132 cm³/mol. The molecule has 0 aromatic rings. The highest BCUT2D eigenvalue weighted by Gasteiger charge is 2.24. The first-order valence-electron chi connectivity index (χ1n) is 12.9. The zero-order valence-electron chi connectivity index (χ0n) is 21.8. The van der Waals surface area contributed by atoms with E-state index in [0.717, 1.165) is 19.3 Å². The minimum Gasteiger partial charge on any atom is -0.480 e. The van der Waals surface area contributed by atoms with E-state index >= 15 is 0 Å². The van der Waals surface area contributed by atoms with Crippen molar-refractivity contribution in [2.45, 2.75) is 116 Å². The van der Waals surface area contributed by atoms with E-state index in [1.54, 1.807) is 20.8 Å². The molecule has 1 aliphatic rings. The Labute approximate surface area is 213 Å². The monoisotopic (exact) mass is 513 g/mol. The van der Waals surface area contributed by atoms with E-state index in [4.69, 9.17) is 4.74 Å². The van der Waals surface area contributed by atoms with Crippen LogP contribution >= 0.6 is 0 Å². The van der Waals surface area contributed by atoms with Gasteiger partial charge in [0.1, 0.15) is 17.7 Å². The van der Waals surface area contributed by atoms with Gasteiger partial charge < -0.3 is 30.9 Å². The maximum atomic E-state index is 12.3. The van der Waals surface area contributed by atoms with Crippen LogP contribution in [0.2, 0.25) is 0 Å². The fourth-order valence-corrected chi connectivity index (χ4v) is 4.11. The molecule has 1 fully saturated rings. The Balaban J connectivity index is 2.35. The normalized spacial score (nSPS) is 15.9. The van der Waals surface area contributed by atoms with Gasteiger partial charge in [-0.15, -0.1) is 0 Å². The van der Waals surface area contributed by atoms with E-state index in [9.17, 15) is 34.2 Å². The summed E-state index contributed by atoms with van der Waals surface area (Å²) in [5, 5.41) is 26.3. The lowest BCUT2D eigenvalue weighted by molar-refractivity contribution is -0.143. The van der Waals surface area contributed by atoms with Crippen molar-refractivity contribution in [3.8, 4) is 0 Å². The molecule has 2 atom stereocenters. The van der Waals surface area contributed by atoms with Crippen LogP contribution in [0.15, 0.2) is 0 Å². The molecule has 0 aromatic heterocycles. The summed E-state index contributed by atoms with van der Waals surface area (Å²) < 4.78 is 5.12. The molecule has 206 valence electrons. The number of carboxylic acid groups (broad SMARTS) is 2. The number of carbonyl (C=O) groups excluding carboxylic acids is 3. The van der Waals surface area contributed by atoms with Crippen LogP contribution in [0, 0.1) is 5.92 Å². The van der Waals surface area contributed by atoms with Crippen LogP contribution in [0.1, 0.15) is 97.8 Å². The molecular weight excluding hydrogens is 470 g/mol. The van der Waals surface area contributed by atoms with Gasteiger partial charge in [-0.25, -0.2) is 14.4 Å². The Bertz CT molecular complexity index is 744. The van der Waals surface area contributed by atoms with Crippen molar-refractivity contribution in [2.24, 2.45) is 5.92 Å². The highest BCUT2D eigenvalue weighted by atomic mass is 16.6. The summed E-state index contributed by atoms with van der Waals surface area (Å²) in [4.78, 5) is 59.1. The van der Waals surface area contributed by atoms with Crippen molar-refractivity contribution in [2.75, 3.05) is 6.54 Å². The van der Waals surface area contributed by atoms with Gasteiger partial charge in [0.25, 0.3) is 0 Å². The third-order valence-corrected chi connectivity index (χ3v) is 6.02. The zero-order chi connectivity index (χ0) is 27.1. The SMILES string of the molecule is CC(C)(C)OC(=O)NCCCC[C@H](NC(=O)CC[C@H](NC(=O)CCC1CCCCC1)C(=O)O)C(=O)O. The second-order valence-corrected chi connectivity index (χ2v) is 10.4. The summed E-state index contributed by atoms with van der Waals surface area (Å²) in [6.45, 7) is 5.54. The van der Waals surface area contributed by atoms with Gasteiger partial charge in [0.2, 0.25) is 11.8 Å². The number of unbranched alkanes of at least 4 members (excludes halogenated alkanes) is 1. The molecule has 0 spiro atoms. The Hall–Kier alpha value is -2.85. The Kier molecular flexibility index (Phi) is 13.9. The Morgan fingerprint density at radius 2 is 1.39 bits per heavy atom. The number of rotatable bonds is 15. The van der Waals surface area contributed by atoms with Crippen LogP contribution in [0.4, 0.5) is 4.79 Å². The van der Waals surface area contributed by atoms with Crippen molar-refractivity contribution in [1.82, 2.24) is 16.0 Å². The number of alkyl carbamates (subject to hydrolysis) is 1. The number of hydrogen-bond donors (Lipinski definition) is 5. The zero-order valence-corrected chi connectivity index (χ0v) is 21.8. The van der Waals surface area contributed by atoms with Crippen molar-refractivity contribution >= 4 is 29.8 Å². The van der Waals surface area contributed by atoms with Crippen LogP contribution in [0.25, 0.3) is 0 Å². The first kappa shape index (κ1) is 31.2. The van der Waals surface area contributed by atoms with E-state index in [1.807, 2.05) is 0 Å². The number of amides is 3. The second-order valence-electron chi connectivity index (χ2n) is 10.4. The molecule has 3 amide bonds. The van der Waals surface area contributed by atoms with Gasteiger partial charge in [0.05, 0.1) is 0 Å².